The molecule has 2 rings (SSSR count). The molecule has 96 valence electrons. The second-order valence-electron chi connectivity index (χ2n) is 4.15. The molecule has 0 saturated heterocycles. The molecule has 0 aliphatic carbocycles. The summed E-state index contributed by atoms with van der Waals surface area (Å²) >= 11 is 9.56. The van der Waals surface area contributed by atoms with Crippen molar-refractivity contribution in [2.45, 2.75) is 26.4 Å². The fourth-order valence-electron chi connectivity index (χ4n) is 1.60. The molecule has 1 heterocycles. The predicted molar refractivity (Wildman–Crippen MR) is 75.6 cm³/mol. The first-order valence-corrected chi connectivity index (χ1v) is 6.83. The van der Waals surface area contributed by atoms with Crippen LogP contribution in [0.2, 0.25) is 5.02 Å². The van der Waals surface area contributed by atoms with E-state index in [0.29, 0.717) is 12.4 Å². The van der Waals surface area contributed by atoms with Crippen LogP contribution >= 0.6 is 27.5 Å². The summed E-state index contributed by atoms with van der Waals surface area (Å²) in [5.74, 6) is 1.51. The summed E-state index contributed by atoms with van der Waals surface area (Å²) in [4.78, 5) is 4.20. The van der Waals surface area contributed by atoms with Gasteiger partial charge in [-0.2, -0.15) is 0 Å². The lowest BCUT2D eigenvalue weighted by Crippen LogP contribution is -2.18. The van der Waals surface area contributed by atoms with Crippen molar-refractivity contribution >= 4 is 27.5 Å². The maximum atomic E-state index is 6.13. The van der Waals surface area contributed by atoms with Crippen molar-refractivity contribution in [1.29, 1.82) is 0 Å². The Morgan fingerprint density at radius 1 is 1.50 bits per heavy atom. The number of aryl methyl sites for hydroxylation is 1. The zero-order valence-corrected chi connectivity index (χ0v) is 12.5. The van der Waals surface area contributed by atoms with Gasteiger partial charge in [-0.05, 0) is 37.6 Å². The van der Waals surface area contributed by atoms with Crippen LogP contribution in [0.25, 0.3) is 0 Å². The highest BCUT2D eigenvalue weighted by Gasteiger charge is 2.11. The first kappa shape index (κ1) is 13.6. The van der Waals surface area contributed by atoms with Crippen LogP contribution in [0.5, 0.6) is 0 Å². The number of nitrogens with one attached hydrogen (secondary N) is 1. The number of benzene rings is 1. The van der Waals surface area contributed by atoms with Crippen molar-refractivity contribution in [3.63, 3.8) is 0 Å². The van der Waals surface area contributed by atoms with Crippen molar-refractivity contribution in [3.05, 3.63) is 51.1 Å². The highest BCUT2D eigenvalue weighted by atomic mass is 79.9. The molecule has 1 aromatic carbocycles. The van der Waals surface area contributed by atoms with E-state index in [9.17, 15) is 0 Å². The number of rotatable bonds is 4. The molecule has 0 aliphatic rings. The molecule has 1 N–H and O–H groups in total. The molecule has 1 atom stereocenters. The van der Waals surface area contributed by atoms with E-state index >= 15 is 0 Å². The molecule has 1 aromatic heterocycles. The van der Waals surface area contributed by atoms with E-state index in [4.69, 9.17) is 16.0 Å². The van der Waals surface area contributed by atoms with Crippen LogP contribution < -0.4 is 5.32 Å². The summed E-state index contributed by atoms with van der Waals surface area (Å²) in [6.45, 7) is 4.56. The van der Waals surface area contributed by atoms with Crippen LogP contribution in [0, 0.1) is 6.92 Å². The lowest BCUT2D eigenvalue weighted by atomic mass is 10.2. The molecule has 0 bridgehead atoms. The molecule has 0 spiro atoms. The molecule has 18 heavy (non-hydrogen) atoms. The Hall–Kier alpha value is -0.840. The number of oxazole rings is 1. The van der Waals surface area contributed by atoms with Crippen molar-refractivity contribution in [2.75, 3.05) is 0 Å². The number of hydrogen-bond donors (Lipinski definition) is 1. The summed E-state index contributed by atoms with van der Waals surface area (Å²) in [6, 6.07) is 5.85. The maximum Gasteiger partial charge on any atom is 0.211 e. The monoisotopic (exact) mass is 328 g/mol. The van der Waals surface area contributed by atoms with E-state index in [1.807, 2.05) is 32.0 Å². The third kappa shape index (κ3) is 3.34. The topological polar surface area (TPSA) is 38.1 Å². The summed E-state index contributed by atoms with van der Waals surface area (Å²) in [5, 5.41) is 4.09. The second-order valence-corrected chi connectivity index (χ2v) is 5.47. The standard InChI is InChI=1S/C13H14BrClN2O/c1-8-6-17-13(18-8)9(2)16-7-10-5-11(14)3-4-12(10)15/h3-6,9,16H,7H2,1-2H3. The fraction of sp³-hybridized carbons (Fsp3) is 0.308. The second kappa shape index (κ2) is 5.87. The van der Waals surface area contributed by atoms with Gasteiger partial charge in [-0.3, -0.25) is 0 Å². The molecule has 1 unspecified atom stereocenters. The van der Waals surface area contributed by atoms with Gasteiger partial charge in [0.05, 0.1) is 12.2 Å². The highest BCUT2D eigenvalue weighted by molar-refractivity contribution is 9.10. The van der Waals surface area contributed by atoms with Crippen molar-refractivity contribution in [2.24, 2.45) is 0 Å². The van der Waals surface area contributed by atoms with Gasteiger partial charge in [0, 0.05) is 16.0 Å². The molecular weight excluding hydrogens is 316 g/mol. The minimum Gasteiger partial charge on any atom is -0.444 e. The molecule has 0 radical (unpaired) electrons. The summed E-state index contributed by atoms with van der Waals surface area (Å²) in [6.07, 6.45) is 1.72. The van der Waals surface area contributed by atoms with Gasteiger partial charge >= 0.3 is 0 Å². The lowest BCUT2D eigenvalue weighted by molar-refractivity contribution is 0.402. The predicted octanol–water partition coefficient (Wildman–Crippen LogP) is 4.25. The minimum absolute atomic E-state index is 0.0498. The highest BCUT2D eigenvalue weighted by Crippen LogP contribution is 2.22. The van der Waals surface area contributed by atoms with Crippen LogP contribution in [0.4, 0.5) is 0 Å². The number of nitrogens with zero attached hydrogens (tertiary/aromatic N) is 1. The Morgan fingerprint density at radius 3 is 2.94 bits per heavy atom. The first-order chi connectivity index (χ1) is 8.56. The summed E-state index contributed by atoms with van der Waals surface area (Å²) in [7, 11) is 0. The van der Waals surface area contributed by atoms with Gasteiger partial charge in [-0.1, -0.05) is 27.5 Å². The molecular formula is C13H14BrClN2O. The lowest BCUT2D eigenvalue weighted by Gasteiger charge is -2.11. The van der Waals surface area contributed by atoms with Crippen molar-refractivity contribution in [3.8, 4) is 0 Å². The quantitative estimate of drug-likeness (QED) is 0.911. The third-order valence-electron chi connectivity index (χ3n) is 2.62. The molecule has 0 aliphatic heterocycles. The zero-order valence-electron chi connectivity index (χ0n) is 10.2. The van der Waals surface area contributed by atoms with Gasteiger partial charge in [-0.15, -0.1) is 0 Å². The minimum atomic E-state index is 0.0498. The van der Waals surface area contributed by atoms with Crippen LogP contribution in [-0.2, 0) is 6.54 Å². The van der Waals surface area contributed by atoms with E-state index in [0.717, 1.165) is 20.8 Å². The van der Waals surface area contributed by atoms with Crippen LogP contribution in [0.3, 0.4) is 0 Å². The van der Waals surface area contributed by atoms with Gasteiger partial charge in [-0.25, -0.2) is 4.98 Å². The first-order valence-electron chi connectivity index (χ1n) is 5.66. The van der Waals surface area contributed by atoms with Crippen molar-refractivity contribution in [1.82, 2.24) is 10.3 Å². The van der Waals surface area contributed by atoms with E-state index < -0.39 is 0 Å². The Kier molecular flexibility index (Phi) is 4.43. The van der Waals surface area contributed by atoms with E-state index in [-0.39, 0.29) is 6.04 Å². The SMILES string of the molecule is Cc1cnc(C(C)NCc2cc(Br)ccc2Cl)o1. The average Bonchev–Trinajstić information content (AvgIpc) is 2.77. The Labute approximate surface area is 120 Å². The normalized spacial score (nSPS) is 12.7. The summed E-state index contributed by atoms with van der Waals surface area (Å²) in [5.41, 5.74) is 1.04. The molecule has 5 heteroatoms. The molecule has 0 amide bonds. The Bertz CT molecular complexity index is 542. The Balaban J connectivity index is 2.01. The van der Waals surface area contributed by atoms with Crippen LogP contribution in [-0.4, -0.2) is 4.98 Å². The van der Waals surface area contributed by atoms with Gasteiger partial charge in [0.1, 0.15) is 5.76 Å². The number of hydrogen-bond acceptors (Lipinski definition) is 3. The summed E-state index contributed by atoms with van der Waals surface area (Å²) < 4.78 is 6.49. The average molecular weight is 330 g/mol. The van der Waals surface area contributed by atoms with E-state index in [2.05, 4.69) is 26.2 Å². The van der Waals surface area contributed by atoms with E-state index in [1.165, 1.54) is 0 Å². The van der Waals surface area contributed by atoms with Gasteiger partial charge in [0.15, 0.2) is 0 Å². The molecule has 0 saturated carbocycles. The fourth-order valence-corrected chi connectivity index (χ4v) is 2.19. The largest absolute Gasteiger partial charge is 0.444 e. The van der Waals surface area contributed by atoms with E-state index in [1.54, 1.807) is 6.20 Å². The van der Waals surface area contributed by atoms with Gasteiger partial charge in [0.2, 0.25) is 5.89 Å². The van der Waals surface area contributed by atoms with Crippen molar-refractivity contribution < 1.29 is 4.42 Å². The van der Waals surface area contributed by atoms with Crippen LogP contribution in [0.1, 0.15) is 30.2 Å². The van der Waals surface area contributed by atoms with Gasteiger partial charge < -0.3 is 9.73 Å². The molecule has 3 nitrogen and oxygen atoms in total. The molecule has 0 fully saturated rings. The number of halogens is 2. The van der Waals surface area contributed by atoms with Gasteiger partial charge in [0.25, 0.3) is 0 Å². The Morgan fingerprint density at radius 2 is 2.28 bits per heavy atom. The molecule has 2 aromatic rings. The van der Waals surface area contributed by atoms with Crippen LogP contribution in [0.15, 0.2) is 33.3 Å². The number of aromatic nitrogens is 1. The smallest absolute Gasteiger partial charge is 0.211 e. The maximum absolute atomic E-state index is 6.13. The third-order valence-corrected chi connectivity index (χ3v) is 3.48. The zero-order chi connectivity index (χ0) is 13.1.